The molecule has 1 amide bonds. The number of carbonyl (C=O) groups is 1. The van der Waals surface area contributed by atoms with Crippen molar-refractivity contribution in [1.29, 1.82) is 0 Å². The number of carbonyl (C=O) groups excluding carboxylic acids is 1. The molecule has 1 atom stereocenters. The molecular formula is C15H23FN2O. The first-order chi connectivity index (χ1) is 8.67. The third-order valence-corrected chi connectivity index (χ3v) is 2.80. The molecule has 3 N–H and O–H groups in total. The Bertz CT molecular complexity index is 452. The average molecular weight is 266 g/mol. The molecule has 0 saturated heterocycles. The summed E-state index contributed by atoms with van der Waals surface area (Å²) in [5.74, 6) is -0.537. The van der Waals surface area contributed by atoms with Crippen molar-refractivity contribution in [3.63, 3.8) is 0 Å². The van der Waals surface area contributed by atoms with Gasteiger partial charge in [0.05, 0.1) is 0 Å². The Hall–Kier alpha value is -1.42. The van der Waals surface area contributed by atoms with E-state index in [1.165, 1.54) is 12.1 Å². The number of hydrogen-bond acceptors (Lipinski definition) is 2. The fourth-order valence-corrected chi connectivity index (χ4v) is 2.03. The van der Waals surface area contributed by atoms with Gasteiger partial charge in [0.1, 0.15) is 5.82 Å². The van der Waals surface area contributed by atoms with Crippen LogP contribution < -0.4 is 11.1 Å². The number of hydrogen-bond donors (Lipinski definition) is 2. The van der Waals surface area contributed by atoms with E-state index in [1.807, 2.05) is 6.92 Å². The van der Waals surface area contributed by atoms with Crippen LogP contribution in [-0.4, -0.2) is 11.9 Å². The van der Waals surface area contributed by atoms with E-state index < -0.39 is 0 Å². The zero-order chi connectivity index (χ0) is 14.6. The van der Waals surface area contributed by atoms with Gasteiger partial charge in [0.25, 0.3) is 0 Å². The molecule has 0 radical (unpaired) electrons. The molecule has 0 spiro atoms. The van der Waals surface area contributed by atoms with Crippen molar-refractivity contribution in [2.24, 2.45) is 11.1 Å². The number of aryl methyl sites for hydroxylation is 1. The standard InChI is InChI=1S/C15H23FN2O/c1-10-5-6-11(16)7-13(10)18-14(19)8-12(17)9-15(2,3)4/h5-7,12H,8-9,17H2,1-4H3,(H,18,19). The van der Waals surface area contributed by atoms with Crippen LogP contribution in [0.15, 0.2) is 18.2 Å². The molecule has 3 nitrogen and oxygen atoms in total. The lowest BCUT2D eigenvalue weighted by Gasteiger charge is -2.22. The highest BCUT2D eigenvalue weighted by atomic mass is 19.1. The molecule has 19 heavy (non-hydrogen) atoms. The number of benzene rings is 1. The maximum Gasteiger partial charge on any atom is 0.225 e. The van der Waals surface area contributed by atoms with Gasteiger partial charge in [-0.05, 0) is 36.5 Å². The van der Waals surface area contributed by atoms with Crippen molar-refractivity contribution in [2.45, 2.75) is 46.6 Å². The van der Waals surface area contributed by atoms with E-state index in [0.717, 1.165) is 12.0 Å². The summed E-state index contributed by atoms with van der Waals surface area (Å²) < 4.78 is 13.1. The van der Waals surface area contributed by atoms with Gasteiger partial charge < -0.3 is 11.1 Å². The Labute approximate surface area is 114 Å². The van der Waals surface area contributed by atoms with Crippen molar-refractivity contribution in [2.75, 3.05) is 5.32 Å². The zero-order valence-electron chi connectivity index (χ0n) is 12.1. The highest BCUT2D eigenvalue weighted by Gasteiger charge is 2.18. The summed E-state index contributed by atoms with van der Waals surface area (Å²) in [5, 5.41) is 2.71. The first kappa shape index (κ1) is 15.6. The van der Waals surface area contributed by atoms with Crippen LogP contribution in [0.2, 0.25) is 0 Å². The summed E-state index contributed by atoms with van der Waals surface area (Å²) in [6, 6.07) is 4.15. The Kier molecular flexibility index (Phi) is 5.06. The van der Waals surface area contributed by atoms with E-state index in [4.69, 9.17) is 5.73 Å². The number of rotatable bonds is 4. The number of amides is 1. The van der Waals surface area contributed by atoms with Crippen molar-refractivity contribution < 1.29 is 9.18 Å². The first-order valence-electron chi connectivity index (χ1n) is 6.49. The molecule has 1 rings (SSSR count). The Balaban J connectivity index is 2.58. The third kappa shape index (κ3) is 5.83. The van der Waals surface area contributed by atoms with Crippen LogP contribution in [0.4, 0.5) is 10.1 Å². The van der Waals surface area contributed by atoms with Gasteiger partial charge in [-0.15, -0.1) is 0 Å². The lowest BCUT2D eigenvalue weighted by atomic mass is 9.87. The van der Waals surface area contributed by atoms with E-state index in [1.54, 1.807) is 6.07 Å². The van der Waals surface area contributed by atoms with Crippen LogP contribution in [0.25, 0.3) is 0 Å². The molecule has 1 aromatic rings. The van der Waals surface area contributed by atoms with Gasteiger partial charge in [-0.3, -0.25) is 4.79 Å². The minimum Gasteiger partial charge on any atom is -0.327 e. The van der Waals surface area contributed by atoms with Crippen molar-refractivity contribution >= 4 is 11.6 Å². The van der Waals surface area contributed by atoms with E-state index in [2.05, 4.69) is 26.1 Å². The Morgan fingerprint density at radius 1 is 1.42 bits per heavy atom. The van der Waals surface area contributed by atoms with Crippen LogP contribution in [0.3, 0.4) is 0 Å². The van der Waals surface area contributed by atoms with Crippen LogP contribution >= 0.6 is 0 Å². The molecule has 0 aliphatic heterocycles. The smallest absolute Gasteiger partial charge is 0.225 e. The summed E-state index contributed by atoms with van der Waals surface area (Å²) in [5.41, 5.74) is 7.38. The minimum atomic E-state index is -0.361. The molecule has 1 unspecified atom stereocenters. The summed E-state index contributed by atoms with van der Waals surface area (Å²) >= 11 is 0. The van der Waals surface area contributed by atoms with Crippen molar-refractivity contribution in [3.05, 3.63) is 29.6 Å². The normalized spacial score (nSPS) is 13.2. The van der Waals surface area contributed by atoms with E-state index in [9.17, 15) is 9.18 Å². The minimum absolute atomic E-state index is 0.0917. The lowest BCUT2D eigenvalue weighted by Crippen LogP contribution is -2.31. The molecule has 106 valence electrons. The second-order valence-corrected chi connectivity index (χ2v) is 6.24. The highest BCUT2D eigenvalue weighted by Crippen LogP contribution is 2.22. The molecular weight excluding hydrogens is 243 g/mol. The maximum absolute atomic E-state index is 13.1. The SMILES string of the molecule is Cc1ccc(F)cc1NC(=O)CC(N)CC(C)(C)C. The predicted octanol–water partition coefficient (Wildman–Crippen LogP) is 3.23. The van der Waals surface area contributed by atoms with Gasteiger partial charge in [-0.25, -0.2) is 4.39 Å². The van der Waals surface area contributed by atoms with Gasteiger partial charge in [0, 0.05) is 18.2 Å². The van der Waals surface area contributed by atoms with Crippen LogP contribution in [0.5, 0.6) is 0 Å². The van der Waals surface area contributed by atoms with Gasteiger partial charge in [-0.2, -0.15) is 0 Å². The lowest BCUT2D eigenvalue weighted by molar-refractivity contribution is -0.116. The summed E-state index contributed by atoms with van der Waals surface area (Å²) in [4.78, 5) is 11.9. The predicted molar refractivity (Wildman–Crippen MR) is 76.4 cm³/mol. The second kappa shape index (κ2) is 6.15. The van der Waals surface area contributed by atoms with E-state index in [-0.39, 0.29) is 29.6 Å². The second-order valence-electron chi connectivity index (χ2n) is 6.24. The largest absolute Gasteiger partial charge is 0.327 e. The molecule has 4 heteroatoms. The van der Waals surface area contributed by atoms with Crippen LogP contribution in [0.1, 0.15) is 39.2 Å². The zero-order valence-corrected chi connectivity index (χ0v) is 12.1. The molecule has 0 heterocycles. The van der Waals surface area contributed by atoms with Gasteiger partial charge in [0.15, 0.2) is 0 Å². The molecule has 0 bridgehead atoms. The number of nitrogens with one attached hydrogen (secondary N) is 1. The summed E-state index contributed by atoms with van der Waals surface area (Å²) in [6.07, 6.45) is 1.01. The molecule has 0 aliphatic rings. The van der Waals surface area contributed by atoms with E-state index in [0.29, 0.717) is 5.69 Å². The summed E-state index contributed by atoms with van der Waals surface area (Å²) in [7, 11) is 0. The first-order valence-corrected chi connectivity index (χ1v) is 6.49. The quantitative estimate of drug-likeness (QED) is 0.879. The highest BCUT2D eigenvalue weighted by molar-refractivity contribution is 5.91. The van der Waals surface area contributed by atoms with Crippen molar-refractivity contribution in [1.82, 2.24) is 0 Å². The van der Waals surface area contributed by atoms with Crippen molar-refractivity contribution in [3.8, 4) is 0 Å². The topological polar surface area (TPSA) is 55.1 Å². The fraction of sp³-hybridized carbons (Fsp3) is 0.533. The van der Waals surface area contributed by atoms with Crippen LogP contribution in [0, 0.1) is 18.2 Å². The van der Waals surface area contributed by atoms with Gasteiger partial charge in [0.2, 0.25) is 5.91 Å². The summed E-state index contributed by atoms with van der Waals surface area (Å²) in [6.45, 7) is 8.08. The maximum atomic E-state index is 13.1. The number of nitrogens with two attached hydrogens (primary N) is 1. The van der Waals surface area contributed by atoms with E-state index >= 15 is 0 Å². The molecule has 0 aromatic heterocycles. The molecule has 0 fully saturated rings. The van der Waals surface area contributed by atoms with Gasteiger partial charge in [-0.1, -0.05) is 26.8 Å². The Morgan fingerprint density at radius 3 is 2.63 bits per heavy atom. The Morgan fingerprint density at radius 2 is 2.05 bits per heavy atom. The van der Waals surface area contributed by atoms with Crippen LogP contribution in [-0.2, 0) is 4.79 Å². The monoisotopic (exact) mass is 266 g/mol. The van der Waals surface area contributed by atoms with Gasteiger partial charge >= 0.3 is 0 Å². The average Bonchev–Trinajstić information content (AvgIpc) is 2.20. The molecule has 0 saturated carbocycles. The number of anilines is 1. The molecule has 0 aliphatic carbocycles. The number of halogens is 1. The molecule has 1 aromatic carbocycles. The fourth-order valence-electron chi connectivity index (χ4n) is 2.03. The third-order valence-electron chi connectivity index (χ3n) is 2.80.